The lowest BCUT2D eigenvalue weighted by Crippen LogP contribution is -2.27. The first kappa shape index (κ1) is 21.5. The second-order valence-corrected chi connectivity index (χ2v) is 7.58. The van der Waals surface area contributed by atoms with E-state index in [-0.39, 0.29) is 29.9 Å². The van der Waals surface area contributed by atoms with Crippen LogP contribution in [-0.2, 0) is 27.1 Å². The van der Waals surface area contributed by atoms with Crippen LogP contribution in [0.2, 0.25) is 0 Å². The molecule has 1 aromatic heterocycles. The fourth-order valence-electron chi connectivity index (χ4n) is 3.19. The van der Waals surface area contributed by atoms with Gasteiger partial charge in [0.05, 0.1) is 44.4 Å². The van der Waals surface area contributed by atoms with E-state index in [9.17, 15) is 14.0 Å². The molecule has 0 bridgehead atoms. The third-order valence-corrected chi connectivity index (χ3v) is 4.45. The van der Waals surface area contributed by atoms with Gasteiger partial charge in [0.1, 0.15) is 0 Å². The highest BCUT2D eigenvalue weighted by molar-refractivity contribution is 5.99. The van der Waals surface area contributed by atoms with Gasteiger partial charge in [-0.2, -0.15) is 5.10 Å². The number of rotatable bonds is 12. The predicted octanol–water partition coefficient (Wildman–Crippen LogP) is 2.01. The quantitative estimate of drug-likeness (QED) is 0.539. The molecule has 0 radical (unpaired) electrons. The molecule has 0 aliphatic heterocycles. The summed E-state index contributed by atoms with van der Waals surface area (Å²) in [4.78, 5) is 23.6. The molecule has 7 nitrogen and oxygen atoms in total. The molecule has 0 aromatic carbocycles. The van der Waals surface area contributed by atoms with Crippen molar-refractivity contribution in [2.45, 2.75) is 46.0 Å². The molecule has 27 heavy (non-hydrogen) atoms. The van der Waals surface area contributed by atoms with Crippen molar-refractivity contribution >= 4 is 11.7 Å². The number of halogens is 1. The largest absolute Gasteiger partial charge is 0.379 e. The number of H-pyrrole nitrogens is 1. The first-order chi connectivity index (χ1) is 12.9. The Kier molecular flexibility index (Phi) is 8.37. The number of hydrogen-bond donors (Lipinski definition) is 2. The highest BCUT2D eigenvalue weighted by Gasteiger charge is 2.34. The molecule has 152 valence electrons. The van der Waals surface area contributed by atoms with Crippen LogP contribution in [0.5, 0.6) is 0 Å². The van der Waals surface area contributed by atoms with Gasteiger partial charge in [0.25, 0.3) is 0 Å². The van der Waals surface area contributed by atoms with Crippen molar-refractivity contribution in [2.24, 2.45) is 5.41 Å². The Morgan fingerprint density at radius 1 is 1.22 bits per heavy atom. The first-order valence-corrected chi connectivity index (χ1v) is 9.50. The van der Waals surface area contributed by atoms with Crippen molar-refractivity contribution in [3.05, 3.63) is 17.0 Å². The molecular formula is C19H30FN3O4. The standard InChI is InChI=1S/C19H30FN3O4/c1-19(2)12-15-18(16(24)13-19)14(22-23-15)5-8-26-10-11-27-9-7-21-17(25)4-3-6-20/h3-13H2,1-2H3,(H,21,25)(H,22,23). The Labute approximate surface area is 159 Å². The molecular weight excluding hydrogens is 353 g/mol. The number of ketones is 1. The fourth-order valence-corrected chi connectivity index (χ4v) is 3.19. The number of carbonyl (C=O) groups excluding carboxylic acids is 2. The molecule has 0 unspecified atom stereocenters. The van der Waals surface area contributed by atoms with Crippen molar-refractivity contribution < 1.29 is 23.5 Å². The Bertz CT molecular complexity index is 630. The minimum absolute atomic E-state index is 0.0194. The Hall–Kier alpha value is -1.80. The highest BCUT2D eigenvalue weighted by Crippen LogP contribution is 2.34. The summed E-state index contributed by atoms with van der Waals surface area (Å²) in [6.45, 7) is 5.83. The van der Waals surface area contributed by atoms with Gasteiger partial charge in [-0.3, -0.25) is 19.1 Å². The number of hydrogen-bond acceptors (Lipinski definition) is 5. The Morgan fingerprint density at radius 2 is 1.96 bits per heavy atom. The topological polar surface area (TPSA) is 93.3 Å². The van der Waals surface area contributed by atoms with Gasteiger partial charge < -0.3 is 14.8 Å². The zero-order chi connectivity index (χ0) is 19.7. The second kappa shape index (κ2) is 10.5. The van der Waals surface area contributed by atoms with Crippen molar-refractivity contribution in [1.82, 2.24) is 15.5 Å². The second-order valence-electron chi connectivity index (χ2n) is 7.58. The summed E-state index contributed by atoms with van der Waals surface area (Å²) in [5.74, 6) is -0.00494. The molecule has 0 saturated heterocycles. The lowest BCUT2D eigenvalue weighted by Gasteiger charge is -2.27. The molecule has 0 fully saturated rings. The van der Waals surface area contributed by atoms with Crippen molar-refractivity contribution in [1.29, 1.82) is 0 Å². The van der Waals surface area contributed by atoms with Crippen LogP contribution in [-0.4, -0.2) is 61.5 Å². The van der Waals surface area contributed by atoms with E-state index < -0.39 is 6.67 Å². The van der Waals surface area contributed by atoms with E-state index in [1.165, 1.54) is 0 Å². The summed E-state index contributed by atoms with van der Waals surface area (Å²) in [5, 5.41) is 9.95. The first-order valence-electron chi connectivity index (χ1n) is 9.50. The van der Waals surface area contributed by atoms with E-state index in [4.69, 9.17) is 9.47 Å². The van der Waals surface area contributed by atoms with Crippen LogP contribution < -0.4 is 5.32 Å². The van der Waals surface area contributed by atoms with Gasteiger partial charge in [0, 0.05) is 31.5 Å². The number of amides is 1. The Balaban J connectivity index is 1.55. The van der Waals surface area contributed by atoms with Crippen LogP contribution in [0.15, 0.2) is 0 Å². The van der Waals surface area contributed by atoms with Crippen LogP contribution in [0, 0.1) is 5.41 Å². The monoisotopic (exact) mass is 383 g/mol. The van der Waals surface area contributed by atoms with Crippen molar-refractivity contribution in [3.8, 4) is 0 Å². The number of aromatic amines is 1. The lowest BCUT2D eigenvalue weighted by molar-refractivity contribution is -0.121. The van der Waals surface area contributed by atoms with Crippen molar-refractivity contribution in [3.63, 3.8) is 0 Å². The zero-order valence-corrected chi connectivity index (χ0v) is 16.2. The number of nitrogens with zero attached hydrogens (tertiary/aromatic N) is 1. The molecule has 1 aliphatic rings. The summed E-state index contributed by atoms with van der Waals surface area (Å²) < 4.78 is 22.8. The lowest BCUT2D eigenvalue weighted by atomic mass is 9.75. The number of fused-ring (bicyclic) bond motifs is 1. The van der Waals surface area contributed by atoms with Gasteiger partial charge in [-0.25, -0.2) is 0 Å². The molecule has 0 spiro atoms. The number of carbonyl (C=O) groups is 2. The summed E-state index contributed by atoms with van der Waals surface area (Å²) in [6.07, 6.45) is 2.42. The molecule has 1 amide bonds. The SMILES string of the molecule is CC1(C)CC(=O)c2c(CCOCCOCCNC(=O)CCCF)n[nH]c2C1. The molecule has 2 N–H and O–H groups in total. The van der Waals surface area contributed by atoms with Gasteiger partial charge in [0.15, 0.2) is 5.78 Å². The van der Waals surface area contributed by atoms with E-state index in [2.05, 4.69) is 29.4 Å². The number of nitrogens with one attached hydrogen (secondary N) is 2. The smallest absolute Gasteiger partial charge is 0.220 e. The van der Waals surface area contributed by atoms with E-state index in [0.717, 1.165) is 23.4 Å². The van der Waals surface area contributed by atoms with E-state index in [1.54, 1.807) is 0 Å². The van der Waals surface area contributed by atoms with Crippen LogP contribution >= 0.6 is 0 Å². The van der Waals surface area contributed by atoms with E-state index >= 15 is 0 Å². The number of alkyl halides is 1. The normalized spacial score (nSPS) is 15.6. The molecule has 1 aromatic rings. The van der Waals surface area contributed by atoms with Gasteiger partial charge in [0.2, 0.25) is 5.91 Å². The van der Waals surface area contributed by atoms with Gasteiger partial charge in [-0.05, 0) is 18.3 Å². The van der Waals surface area contributed by atoms with Gasteiger partial charge in [-0.15, -0.1) is 0 Å². The van der Waals surface area contributed by atoms with Gasteiger partial charge in [-0.1, -0.05) is 13.8 Å². The summed E-state index contributed by atoms with van der Waals surface area (Å²) in [6, 6.07) is 0. The molecule has 1 heterocycles. The maximum Gasteiger partial charge on any atom is 0.220 e. The average Bonchev–Trinajstić information content (AvgIpc) is 3.00. The summed E-state index contributed by atoms with van der Waals surface area (Å²) >= 11 is 0. The number of aromatic nitrogens is 2. The maximum absolute atomic E-state index is 12.4. The van der Waals surface area contributed by atoms with Crippen LogP contribution in [0.1, 0.15) is 54.9 Å². The highest BCUT2D eigenvalue weighted by atomic mass is 19.1. The molecule has 8 heteroatoms. The van der Waals surface area contributed by atoms with Crippen LogP contribution in [0.25, 0.3) is 0 Å². The fraction of sp³-hybridized carbons (Fsp3) is 0.737. The summed E-state index contributed by atoms with van der Waals surface area (Å²) in [5.41, 5.74) is 2.44. The van der Waals surface area contributed by atoms with Crippen LogP contribution in [0.3, 0.4) is 0 Å². The molecule has 0 saturated carbocycles. The minimum Gasteiger partial charge on any atom is -0.379 e. The van der Waals surface area contributed by atoms with E-state index in [1.807, 2.05) is 0 Å². The average molecular weight is 383 g/mol. The Morgan fingerprint density at radius 3 is 2.70 bits per heavy atom. The molecule has 2 rings (SSSR count). The predicted molar refractivity (Wildman–Crippen MR) is 98.6 cm³/mol. The summed E-state index contributed by atoms with van der Waals surface area (Å²) in [7, 11) is 0. The zero-order valence-electron chi connectivity index (χ0n) is 16.2. The molecule has 0 atom stereocenters. The number of ether oxygens (including phenoxy) is 2. The minimum atomic E-state index is -0.478. The third-order valence-electron chi connectivity index (χ3n) is 4.45. The van der Waals surface area contributed by atoms with E-state index in [0.29, 0.717) is 45.8 Å². The third kappa shape index (κ3) is 7.03. The maximum atomic E-state index is 12.4. The van der Waals surface area contributed by atoms with Crippen LogP contribution in [0.4, 0.5) is 4.39 Å². The number of Topliss-reactive ketones (excluding diaryl/α,β-unsaturated/α-hetero) is 1. The van der Waals surface area contributed by atoms with Gasteiger partial charge >= 0.3 is 0 Å². The molecule has 1 aliphatic carbocycles. The van der Waals surface area contributed by atoms with Crippen molar-refractivity contribution in [2.75, 3.05) is 39.6 Å².